The molecule has 4 aliphatic rings. The van der Waals surface area contributed by atoms with E-state index in [-0.39, 0.29) is 29.2 Å². The van der Waals surface area contributed by atoms with E-state index in [2.05, 4.69) is 52.5 Å². The number of hydrogen-bond acceptors (Lipinski definition) is 6. The van der Waals surface area contributed by atoms with Gasteiger partial charge in [0.15, 0.2) is 0 Å². The zero-order valence-corrected chi connectivity index (χ0v) is 20.8. The second kappa shape index (κ2) is 8.20. The van der Waals surface area contributed by atoms with Crippen molar-refractivity contribution in [1.82, 2.24) is 20.4 Å². The Hall–Kier alpha value is -3.17. The number of hydrogen-bond donors (Lipinski definition) is 3. The third kappa shape index (κ3) is 3.65. The Kier molecular flexibility index (Phi) is 5.23. The highest BCUT2D eigenvalue weighted by Crippen LogP contribution is 2.47. The molecule has 3 amide bonds. The SMILES string of the molecule is CN(C)[C@]1(c2cccs2)CC[C@]2(CC1)CN(C1=CNC(c3cccc4c3CC(=O)N4)N=C1)C(=O)N2. The summed E-state index contributed by atoms with van der Waals surface area (Å²) in [6, 6.07) is 10.1. The maximum Gasteiger partial charge on any atom is 0.322 e. The van der Waals surface area contributed by atoms with Gasteiger partial charge in [0.2, 0.25) is 5.91 Å². The fourth-order valence-electron chi connectivity index (χ4n) is 6.04. The molecule has 2 aromatic rings. The van der Waals surface area contributed by atoms with Crippen LogP contribution in [0.4, 0.5) is 10.5 Å². The topological polar surface area (TPSA) is 89.1 Å². The van der Waals surface area contributed by atoms with Crippen LogP contribution in [0.3, 0.4) is 0 Å². The molecule has 8 nitrogen and oxygen atoms in total. The molecule has 35 heavy (non-hydrogen) atoms. The lowest BCUT2D eigenvalue weighted by molar-refractivity contribution is -0.115. The molecule has 4 heterocycles. The van der Waals surface area contributed by atoms with E-state index >= 15 is 0 Å². The minimum atomic E-state index is -0.276. The largest absolute Gasteiger partial charge is 0.364 e. The van der Waals surface area contributed by atoms with Crippen molar-refractivity contribution >= 4 is 35.2 Å². The Morgan fingerprint density at radius 1 is 1.11 bits per heavy atom. The van der Waals surface area contributed by atoms with Crippen molar-refractivity contribution in [2.45, 2.75) is 49.3 Å². The molecule has 1 aliphatic carbocycles. The molecule has 1 aromatic carbocycles. The van der Waals surface area contributed by atoms with Crippen molar-refractivity contribution in [2.24, 2.45) is 4.99 Å². The van der Waals surface area contributed by atoms with E-state index < -0.39 is 0 Å². The summed E-state index contributed by atoms with van der Waals surface area (Å²) in [5.41, 5.74) is 3.40. The maximum atomic E-state index is 13.0. The van der Waals surface area contributed by atoms with Crippen molar-refractivity contribution in [1.29, 1.82) is 0 Å². The quantitative estimate of drug-likeness (QED) is 0.612. The standard InChI is InChI=1S/C26H30N6O2S/c1-31(2)26(21-7-4-12-35-21)10-8-25(9-11-26)16-32(24(34)30-25)17-14-27-23(28-15-17)18-5-3-6-20-19(18)13-22(33)29-20/h3-7,12,14-15,23,27H,8-11,13,16H2,1-2H3,(H,29,33)(H,30,34)/t23?,25-,26+. The van der Waals surface area contributed by atoms with Gasteiger partial charge in [-0.2, -0.15) is 0 Å². The molecular weight excluding hydrogens is 460 g/mol. The Labute approximate surface area is 209 Å². The predicted octanol–water partition coefficient (Wildman–Crippen LogP) is 3.55. The summed E-state index contributed by atoms with van der Waals surface area (Å²) in [4.78, 5) is 35.2. The lowest BCUT2D eigenvalue weighted by Crippen LogP contribution is -2.53. The number of amides is 3. The first-order valence-corrected chi connectivity index (χ1v) is 13.0. The Bertz CT molecular complexity index is 1230. The number of carbonyl (C=O) groups is 2. The number of carbonyl (C=O) groups excluding carboxylic acids is 2. The number of urea groups is 1. The molecule has 9 heteroatoms. The molecule has 1 saturated heterocycles. The van der Waals surface area contributed by atoms with Crippen molar-refractivity contribution < 1.29 is 9.59 Å². The average molecular weight is 491 g/mol. The third-order valence-electron chi connectivity index (χ3n) is 8.12. The summed E-state index contributed by atoms with van der Waals surface area (Å²) in [5, 5.41) is 11.7. The molecule has 2 fully saturated rings. The molecule has 0 radical (unpaired) electrons. The minimum absolute atomic E-state index is 0.00681. The summed E-state index contributed by atoms with van der Waals surface area (Å²) < 4.78 is 0. The molecule has 6 rings (SSSR count). The second-order valence-corrected chi connectivity index (χ2v) is 11.2. The maximum absolute atomic E-state index is 13.0. The van der Waals surface area contributed by atoms with Crippen LogP contribution in [0.15, 0.2) is 52.6 Å². The number of rotatable bonds is 4. The number of benzene rings is 1. The summed E-state index contributed by atoms with van der Waals surface area (Å²) in [7, 11) is 4.33. The first-order valence-electron chi connectivity index (χ1n) is 12.1. The van der Waals surface area contributed by atoms with Crippen LogP contribution >= 0.6 is 11.3 Å². The number of fused-ring (bicyclic) bond motifs is 1. The summed E-state index contributed by atoms with van der Waals surface area (Å²) in [6.07, 6.45) is 7.63. The van der Waals surface area contributed by atoms with Crippen LogP contribution in [0.2, 0.25) is 0 Å². The number of aliphatic imine (C=N–C) groups is 1. The molecule has 1 spiro atoms. The fourth-order valence-corrected chi connectivity index (χ4v) is 7.11. The number of thiophene rings is 1. The van der Waals surface area contributed by atoms with E-state index in [9.17, 15) is 9.59 Å². The van der Waals surface area contributed by atoms with E-state index in [4.69, 9.17) is 4.99 Å². The highest BCUT2D eigenvalue weighted by atomic mass is 32.1. The van der Waals surface area contributed by atoms with Crippen molar-refractivity contribution in [2.75, 3.05) is 26.0 Å². The minimum Gasteiger partial charge on any atom is -0.364 e. The van der Waals surface area contributed by atoms with Gasteiger partial charge in [0.1, 0.15) is 6.17 Å². The van der Waals surface area contributed by atoms with E-state index in [1.54, 1.807) is 11.1 Å². The molecule has 0 bridgehead atoms. The van der Waals surface area contributed by atoms with Crippen LogP contribution in [0.1, 0.15) is 47.9 Å². The monoisotopic (exact) mass is 490 g/mol. The first kappa shape index (κ1) is 22.3. The smallest absolute Gasteiger partial charge is 0.322 e. The summed E-state index contributed by atoms with van der Waals surface area (Å²) >= 11 is 1.82. The van der Waals surface area contributed by atoms with E-state index in [0.717, 1.165) is 48.2 Å². The van der Waals surface area contributed by atoms with Crippen molar-refractivity contribution in [3.8, 4) is 0 Å². The molecule has 1 unspecified atom stereocenters. The average Bonchev–Trinajstić information content (AvgIpc) is 3.59. The fraction of sp³-hybridized carbons (Fsp3) is 0.423. The van der Waals surface area contributed by atoms with Crippen LogP contribution in [0.5, 0.6) is 0 Å². The summed E-state index contributed by atoms with van der Waals surface area (Å²) in [5.74, 6) is 0.00681. The van der Waals surface area contributed by atoms with Gasteiger partial charge in [0.25, 0.3) is 0 Å². The Morgan fingerprint density at radius 2 is 1.94 bits per heavy atom. The first-order chi connectivity index (χ1) is 16.9. The highest BCUT2D eigenvalue weighted by molar-refractivity contribution is 7.10. The van der Waals surface area contributed by atoms with Gasteiger partial charge in [-0.3, -0.25) is 19.6 Å². The van der Waals surface area contributed by atoms with Crippen LogP contribution in [-0.4, -0.2) is 54.1 Å². The van der Waals surface area contributed by atoms with Crippen LogP contribution in [0, 0.1) is 0 Å². The highest BCUT2D eigenvalue weighted by Gasteiger charge is 2.51. The zero-order chi connectivity index (χ0) is 24.2. The predicted molar refractivity (Wildman–Crippen MR) is 137 cm³/mol. The Morgan fingerprint density at radius 3 is 2.63 bits per heavy atom. The van der Waals surface area contributed by atoms with Crippen LogP contribution in [-0.2, 0) is 16.8 Å². The molecular formula is C26H30N6O2S. The van der Waals surface area contributed by atoms with Crippen molar-refractivity contribution in [3.05, 3.63) is 63.6 Å². The van der Waals surface area contributed by atoms with Gasteiger partial charge < -0.3 is 16.0 Å². The van der Waals surface area contributed by atoms with Gasteiger partial charge in [-0.25, -0.2) is 4.79 Å². The van der Waals surface area contributed by atoms with Gasteiger partial charge in [0.05, 0.1) is 29.7 Å². The third-order valence-corrected chi connectivity index (χ3v) is 9.19. The van der Waals surface area contributed by atoms with E-state index in [0.29, 0.717) is 13.0 Å². The molecule has 1 atom stereocenters. The lowest BCUT2D eigenvalue weighted by Gasteiger charge is -2.47. The number of anilines is 1. The van der Waals surface area contributed by atoms with E-state index in [1.807, 2.05) is 35.7 Å². The van der Waals surface area contributed by atoms with E-state index in [1.165, 1.54) is 4.88 Å². The van der Waals surface area contributed by atoms with Crippen LogP contribution < -0.4 is 16.0 Å². The van der Waals surface area contributed by atoms with Gasteiger partial charge in [0, 0.05) is 28.5 Å². The molecule has 3 N–H and O–H groups in total. The number of nitrogens with one attached hydrogen (secondary N) is 3. The molecule has 1 aromatic heterocycles. The number of allylic oxidation sites excluding steroid dienone is 1. The second-order valence-electron chi connectivity index (χ2n) is 10.2. The van der Waals surface area contributed by atoms with Gasteiger partial charge >= 0.3 is 6.03 Å². The lowest BCUT2D eigenvalue weighted by atomic mass is 9.71. The van der Waals surface area contributed by atoms with Gasteiger partial charge in [-0.15, -0.1) is 11.3 Å². The Balaban J connectivity index is 1.16. The number of nitrogens with zero attached hydrogens (tertiary/aromatic N) is 3. The van der Waals surface area contributed by atoms with Gasteiger partial charge in [-0.1, -0.05) is 18.2 Å². The summed E-state index contributed by atoms with van der Waals surface area (Å²) in [6.45, 7) is 0.642. The normalized spacial score (nSPS) is 29.7. The molecule has 3 aliphatic heterocycles. The van der Waals surface area contributed by atoms with Crippen LogP contribution in [0.25, 0.3) is 0 Å². The van der Waals surface area contributed by atoms with Crippen molar-refractivity contribution in [3.63, 3.8) is 0 Å². The van der Waals surface area contributed by atoms with Gasteiger partial charge in [-0.05, 0) is 62.9 Å². The molecule has 1 saturated carbocycles. The zero-order valence-electron chi connectivity index (χ0n) is 20.0. The molecule has 182 valence electrons.